The quantitative estimate of drug-likeness (QED) is 0.382. The molecule has 1 amide bonds. The minimum Gasteiger partial charge on any atom is -0.512 e. The fraction of sp³-hybridized carbons (Fsp3) is 0.400. The third-order valence-electron chi connectivity index (χ3n) is 0.912. The van der Waals surface area contributed by atoms with Crippen molar-refractivity contribution in [2.75, 3.05) is 0 Å². The number of primary amides is 1. The molecule has 0 radical (unpaired) electrons. The Morgan fingerprint density at radius 1 is 1.50 bits per heavy atom. The van der Waals surface area contributed by atoms with Crippen molar-refractivity contribution in [3.8, 4) is 0 Å². The molecule has 3 heteroatoms. The number of hydrogen-bond acceptors (Lipinski definition) is 2. The van der Waals surface area contributed by atoms with Gasteiger partial charge in [-0.1, -0.05) is 0 Å². The molecule has 0 aliphatic rings. The van der Waals surface area contributed by atoms with Gasteiger partial charge in [-0.2, -0.15) is 0 Å². The van der Waals surface area contributed by atoms with Crippen molar-refractivity contribution < 1.29 is 9.90 Å². The topological polar surface area (TPSA) is 63.3 Å². The van der Waals surface area contributed by atoms with Crippen LogP contribution in [0.15, 0.2) is 11.3 Å². The number of aliphatic hydroxyl groups is 1. The lowest BCUT2D eigenvalue weighted by molar-refractivity contribution is -0.114. The van der Waals surface area contributed by atoms with E-state index in [-0.39, 0.29) is 11.3 Å². The van der Waals surface area contributed by atoms with Gasteiger partial charge >= 0.3 is 0 Å². The highest BCUT2D eigenvalue weighted by Gasteiger charge is 1.98. The van der Waals surface area contributed by atoms with Gasteiger partial charge in [-0.05, 0) is 13.8 Å². The largest absolute Gasteiger partial charge is 0.512 e. The van der Waals surface area contributed by atoms with E-state index >= 15 is 0 Å². The summed E-state index contributed by atoms with van der Waals surface area (Å²) in [6, 6.07) is 0. The van der Waals surface area contributed by atoms with E-state index in [4.69, 9.17) is 10.8 Å². The Hall–Kier alpha value is -0.990. The van der Waals surface area contributed by atoms with Crippen molar-refractivity contribution in [3.05, 3.63) is 11.3 Å². The summed E-state index contributed by atoms with van der Waals surface area (Å²) in [6.45, 7) is 2.89. The maximum atomic E-state index is 10.1. The van der Waals surface area contributed by atoms with Crippen molar-refractivity contribution >= 4 is 5.91 Å². The second kappa shape index (κ2) is 2.35. The zero-order valence-corrected chi connectivity index (χ0v) is 4.93. The van der Waals surface area contributed by atoms with E-state index < -0.39 is 5.91 Å². The molecular formula is C5H9NO2. The van der Waals surface area contributed by atoms with Crippen molar-refractivity contribution in [2.24, 2.45) is 5.73 Å². The van der Waals surface area contributed by atoms with Crippen LogP contribution in [-0.4, -0.2) is 11.0 Å². The predicted octanol–water partition coefficient (Wildman–Crippen LogP) is 0.324. The molecule has 0 aromatic carbocycles. The molecule has 0 aromatic rings. The number of aliphatic hydroxyl groups excluding tert-OH is 1. The summed E-state index contributed by atoms with van der Waals surface area (Å²) in [5, 5.41) is 8.57. The van der Waals surface area contributed by atoms with Crippen molar-refractivity contribution in [1.29, 1.82) is 0 Å². The molecule has 0 spiro atoms. The van der Waals surface area contributed by atoms with Crippen LogP contribution in [-0.2, 0) is 4.79 Å². The van der Waals surface area contributed by atoms with Gasteiger partial charge in [-0.3, -0.25) is 4.79 Å². The van der Waals surface area contributed by atoms with Crippen LogP contribution in [0.5, 0.6) is 0 Å². The second-order valence-corrected chi connectivity index (χ2v) is 1.57. The van der Waals surface area contributed by atoms with Crippen molar-refractivity contribution in [1.82, 2.24) is 0 Å². The number of nitrogens with two attached hydrogens (primary N) is 1. The molecule has 0 fully saturated rings. The molecule has 0 saturated carbocycles. The summed E-state index contributed by atoms with van der Waals surface area (Å²) in [5.74, 6) is -0.595. The Labute approximate surface area is 47.8 Å². The SMILES string of the molecule is CC(O)=C(C)C(N)=O. The van der Waals surface area contributed by atoms with Gasteiger partial charge in [0.05, 0.1) is 11.3 Å². The Morgan fingerprint density at radius 2 is 1.88 bits per heavy atom. The lowest BCUT2D eigenvalue weighted by atomic mass is 10.2. The van der Waals surface area contributed by atoms with Crippen LogP contribution in [0.3, 0.4) is 0 Å². The molecule has 0 aliphatic carbocycles. The number of carbonyl (C=O) groups excluding carboxylic acids is 1. The monoisotopic (exact) mass is 115 g/mol. The zero-order valence-electron chi connectivity index (χ0n) is 4.93. The summed E-state index contributed by atoms with van der Waals surface area (Å²) >= 11 is 0. The molecule has 8 heavy (non-hydrogen) atoms. The zero-order chi connectivity index (χ0) is 6.73. The van der Waals surface area contributed by atoms with Gasteiger partial charge in [-0.25, -0.2) is 0 Å². The molecule has 0 bridgehead atoms. The third-order valence-corrected chi connectivity index (χ3v) is 0.912. The molecule has 0 rings (SSSR count). The van der Waals surface area contributed by atoms with Gasteiger partial charge in [0, 0.05) is 0 Å². The minimum absolute atomic E-state index is 0.0162. The third kappa shape index (κ3) is 1.64. The van der Waals surface area contributed by atoms with Crippen LogP contribution in [0, 0.1) is 0 Å². The van der Waals surface area contributed by atoms with Gasteiger partial charge in [-0.15, -0.1) is 0 Å². The van der Waals surface area contributed by atoms with Crippen molar-refractivity contribution in [2.45, 2.75) is 13.8 Å². The fourth-order valence-electron chi connectivity index (χ4n) is 0.178. The van der Waals surface area contributed by atoms with Crippen LogP contribution in [0.4, 0.5) is 0 Å². The molecule has 3 nitrogen and oxygen atoms in total. The maximum Gasteiger partial charge on any atom is 0.247 e. The summed E-state index contributed by atoms with van der Waals surface area (Å²) < 4.78 is 0. The van der Waals surface area contributed by atoms with E-state index in [1.165, 1.54) is 13.8 Å². The molecule has 0 aliphatic heterocycles. The Balaban J connectivity index is 4.23. The fourth-order valence-corrected chi connectivity index (χ4v) is 0.178. The lowest BCUT2D eigenvalue weighted by Gasteiger charge is -1.92. The van der Waals surface area contributed by atoms with Gasteiger partial charge in [0.1, 0.15) is 0 Å². The van der Waals surface area contributed by atoms with Crippen LogP contribution in [0.2, 0.25) is 0 Å². The average molecular weight is 115 g/mol. The van der Waals surface area contributed by atoms with E-state index in [1.807, 2.05) is 0 Å². The summed E-state index contributed by atoms with van der Waals surface area (Å²) in [6.07, 6.45) is 0. The van der Waals surface area contributed by atoms with E-state index in [1.54, 1.807) is 0 Å². The smallest absolute Gasteiger partial charge is 0.247 e. The predicted molar refractivity (Wildman–Crippen MR) is 30.2 cm³/mol. The molecule has 0 saturated heterocycles. The van der Waals surface area contributed by atoms with E-state index in [9.17, 15) is 4.79 Å². The Morgan fingerprint density at radius 3 is 1.88 bits per heavy atom. The van der Waals surface area contributed by atoms with Crippen LogP contribution < -0.4 is 5.73 Å². The highest BCUT2D eigenvalue weighted by molar-refractivity contribution is 5.91. The first-order valence-corrected chi connectivity index (χ1v) is 2.22. The van der Waals surface area contributed by atoms with Crippen LogP contribution in [0.1, 0.15) is 13.8 Å². The number of hydrogen-bond donors (Lipinski definition) is 2. The molecule has 46 valence electrons. The highest BCUT2D eigenvalue weighted by Crippen LogP contribution is 1.95. The van der Waals surface area contributed by atoms with Gasteiger partial charge in [0.15, 0.2) is 0 Å². The highest BCUT2D eigenvalue weighted by atomic mass is 16.3. The number of allylic oxidation sites excluding steroid dienone is 1. The van der Waals surface area contributed by atoms with E-state index in [0.29, 0.717) is 0 Å². The minimum atomic E-state index is -0.579. The van der Waals surface area contributed by atoms with E-state index in [0.717, 1.165) is 0 Å². The molecule has 0 unspecified atom stereocenters. The standard InChI is InChI=1S/C5H9NO2/c1-3(4(2)7)5(6)8/h7H,1-2H3,(H2,6,8). The molecule has 0 atom stereocenters. The number of amides is 1. The van der Waals surface area contributed by atoms with Gasteiger partial charge < -0.3 is 10.8 Å². The number of carbonyl (C=O) groups is 1. The van der Waals surface area contributed by atoms with Gasteiger partial charge in [0.2, 0.25) is 5.91 Å². The number of rotatable bonds is 1. The first-order chi connectivity index (χ1) is 3.55. The molecule has 3 N–H and O–H groups in total. The van der Waals surface area contributed by atoms with Gasteiger partial charge in [0.25, 0.3) is 0 Å². The Kier molecular flexibility index (Phi) is 2.06. The lowest BCUT2D eigenvalue weighted by Crippen LogP contribution is -2.12. The van der Waals surface area contributed by atoms with E-state index in [2.05, 4.69) is 0 Å². The molecular weight excluding hydrogens is 106 g/mol. The van der Waals surface area contributed by atoms with Crippen molar-refractivity contribution in [3.63, 3.8) is 0 Å². The average Bonchev–Trinajstić information content (AvgIpc) is 1.64. The molecule has 0 heterocycles. The second-order valence-electron chi connectivity index (χ2n) is 1.57. The summed E-state index contributed by atoms with van der Waals surface area (Å²) in [7, 11) is 0. The summed E-state index contributed by atoms with van der Waals surface area (Å²) in [5.41, 5.74) is 4.99. The van der Waals surface area contributed by atoms with Crippen LogP contribution >= 0.6 is 0 Å². The summed E-state index contributed by atoms with van der Waals surface area (Å²) in [4.78, 5) is 10.1. The maximum absolute atomic E-state index is 10.1. The van der Waals surface area contributed by atoms with Crippen LogP contribution in [0.25, 0.3) is 0 Å². The first kappa shape index (κ1) is 7.01. The molecule has 0 aromatic heterocycles. The normalized spacial score (nSPS) is 12.8. The Bertz CT molecular complexity index is 133. The first-order valence-electron chi connectivity index (χ1n) is 2.22.